The number of carbonyl (C=O) groups is 1. The normalized spacial score (nSPS) is 16.1. The monoisotopic (exact) mass is 405 g/mol. The summed E-state index contributed by atoms with van der Waals surface area (Å²) in [6, 6.07) is 10.5. The maximum absolute atomic E-state index is 13.0. The van der Waals surface area contributed by atoms with Crippen LogP contribution in [-0.2, 0) is 16.6 Å². The van der Waals surface area contributed by atoms with Gasteiger partial charge in [-0.05, 0) is 49.4 Å². The van der Waals surface area contributed by atoms with Gasteiger partial charge in [0.05, 0.1) is 4.90 Å². The molecule has 1 fully saturated rings. The number of aryl methyl sites for hydroxylation is 1. The second-order valence-corrected chi connectivity index (χ2v) is 8.93. The Hall–Kier alpha value is -2.29. The van der Waals surface area contributed by atoms with Crippen molar-refractivity contribution in [2.45, 2.75) is 18.4 Å². The van der Waals surface area contributed by atoms with E-state index in [9.17, 15) is 17.6 Å². The highest BCUT2D eigenvalue weighted by molar-refractivity contribution is 7.89. The van der Waals surface area contributed by atoms with Gasteiger partial charge in [-0.3, -0.25) is 4.79 Å². The zero-order chi connectivity index (χ0) is 20.3. The topological polar surface area (TPSA) is 69.7 Å². The van der Waals surface area contributed by atoms with Crippen molar-refractivity contribution in [2.75, 3.05) is 33.2 Å². The minimum absolute atomic E-state index is 0.120. The molecule has 0 saturated carbocycles. The summed E-state index contributed by atoms with van der Waals surface area (Å²) in [6.07, 6.45) is 0. The largest absolute Gasteiger partial charge is 0.348 e. The molecule has 1 aliphatic heterocycles. The first-order chi connectivity index (χ1) is 13.3. The summed E-state index contributed by atoms with van der Waals surface area (Å²) in [7, 11) is -1.69. The molecule has 1 aliphatic rings. The lowest BCUT2D eigenvalue weighted by atomic mass is 10.1. The Morgan fingerprint density at radius 3 is 2.36 bits per heavy atom. The number of likely N-dealkylation sites (N-methyl/N-ethyl adjacent to an activating group) is 1. The molecule has 0 spiro atoms. The molecule has 6 nitrogen and oxygen atoms in total. The molecule has 0 atom stereocenters. The minimum Gasteiger partial charge on any atom is -0.348 e. The number of rotatable bonds is 5. The van der Waals surface area contributed by atoms with Crippen molar-refractivity contribution >= 4 is 15.9 Å². The number of piperazine rings is 1. The molecule has 2 aromatic carbocycles. The summed E-state index contributed by atoms with van der Waals surface area (Å²) in [4.78, 5) is 14.8. The van der Waals surface area contributed by atoms with E-state index < -0.39 is 10.0 Å². The van der Waals surface area contributed by atoms with E-state index in [1.54, 1.807) is 31.2 Å². The number of carbonyl (C=O) groups excluding carboxylic acids is 1. The molecule has 150 valence electrons. The number of benzene rings is 2. The van der Waals surface area contributed by atoms with Crippen molar-refractivity contribution in [3.63, 3.8) is 0 Å². The number of nitrogens with zero attached hydrogens (tertiary/aromatic N) is 2. The fourth-order valence-electron chi connectivity index (χ4n) is 3.06. The second kappa shape index (κ2) is 8.38. The lowest BCUT2D eigenvalue weighted by molar-refractivity contribution is 0.0950. The van der Waals surface area contributed by atoms with Gasteiger partial charge in [0.25, 0.3) is 5.91 Å². The van der Waals surface area contributed by atoms with Crippen LogP contribution in [0.3, 0.4) is 0 Å². The quantitative estimate of drug-likeness (QED) is 0.826. The molecule has 1 N–H and O–H groups in total. The van der Waals surface area contributed by atoms with E-state index >= 15 is 0 Å². The molecule has 0 bridgehead atoms. The molecule has 1 amide bonds. The molecule has 0 unspecified atom stereocenters. The molecule has 8 heteroatoms. The fourth-order valence-corrected chi connectivity index (χ4v) is 4.51. The molecular weight excluding hydrogens is 381 g/mol. The molecule has 1 saturated heterocycles. The average Bonchev–Trinajstić information content (AvgIpc) is 2.68. The highest BCUT2D eigenvalue weighted by Gasteiger charge is 2.28. The maximum Gasteiger partial charge on any atom is 0.251 e. The zero-order valence-electron chi connectivity index (χ0n) is 16.0. The van der Waals surface area contributed by atoms with Crippen LogP contribution in [0.4, 0.5) is 4.39 Å². The van der Waals surface area contributed by atoms with Crippen LogP contribution in [0.5, 0.6) is 0 Å². The molecule has 0 radical (unpaired) electrons. The van der Waals surface area contributed by atoms with E-state index in [2.05, 4.69) is 10.2 Å². The lowest BCUT2D eigenvalue weighted by Crippen LogP contribution is -2.47. The number of amides is 1. The van der Waals surface area contributed by atoms with Gasteiger partial charge in [0.2, 0.25) is 10.0 Å². The van der Waals surface area contributed by atoms with Crippen molar-refractivity contribution in [1.82, 2.24) is 14.5 Å². The van der Waals surface area contributed by atoms with Gasteiger partial charge in [0.15, 0.2) is 0 Å². The number of halogens is 1. The average molecular weight is 405 g/mol. The highest BCUT2D eigenvalue weighted by atomic mass is 32.2. The third kappa shape index (κ3) is 4.57. The first-order valence-corrected chi connectivity index (χ1v) is 10.5. The van der Waals surface area contributed by atoms with E-state index in [1.807, 2.05) is 7.05 Å². The van der Waals surface area contributed by atoms with Gasteiger partial charge < -0.3 is 10.2 Å². The van der Waals surface area contributed by atoms with Gasteiger partial charge >= 0.3 is 0 Å². The van der Waals surface area contributed by atoms with Crippen molar-refractivity contribution in [1.29, 1.82) is 0 Å². The summed E-state index contributed by atoms with van der Waals surface area (Å²) < 4.78 is 40.3. The van der Waals surface area contributed by atoms with Crippen LogP contribution in [0, 0.1) is 12.7 Å². The van der Waals surface area contributed by atoms with Crippen LogP contribution < -0.4 is 5.32 Å². The summed E-state index contributed by atoms with van der Waals surface area (Å²) in [6.45, 7) is 4.21. The Bertz CT molecular complexity index is 953. The van der Waals surface area contributed by atoms with E-state index in [-0.39, 0.29) is 23.2 Å². The number of hydrogen-bond donors (Lipinski definition) is 1. The molecule has 1 heterocycles. The van der Waals surface area contributed by atoms with Crippen LogP contribution >= 0.6 is 0 Å². The van der Waals surface area contributed by atoms with Crippen LogP contribution in [0.1, 0.15) is 21.5 Å². The Morgan fingerprint density at radius 2 is 1.71 bits per heavy atom. The van der Waals surface area contributed by atoms with Gasteiger partial charge in [0, 0.05) is 38.3 Å². The molecule has 0 aromatic heterocycles. The van der Waals surface area contributed by atoms with Crippen LogP contribution in [0.25, 0.3) is 0 Å². The third-order valence-electron chi connectivity index (χ3n) is 4.92. The Morgan fingerprint density at radius 1 is 1.07 bits per heavy atom. The Labute approximate surface area is 165 Å². The van der Waals surface area contributed by atoms with Gasteiger partial charge in [-0.2, -0.15) is 4.31 Å². The number of sulfonamides is 1. The summed E-state index contributed by atoms with van der Waals surface area (Å²) >= 11 is 0. The van der Waals surface area contributed by atoms with Crippen LogP contribution in [-0.4, -0.2) is 56.8 Å². The summed E-state index contributed by atoms with van der Waals surface area (Å²) in [5.74, 6) is -0.704. The van der Waals surface area contributed by atoms with E-state index in [0.717, 1.165) is 5.56 Å². The SMILES string of the molecule is Cc1ccc(S(=O)(=O)N2CCN(C)CC2)cc1C(=O)NCc1ccc(F)cc1. The van der Waals surface area contributed by atoms with Gasteiger partial charge in [-0.15, -0.1) is 0 Å². The van der Waals surface area contributed by atoms with Gasteiger partial charge in [-0.25, -0.2) is 12.8 Å². The minimum atomic E-state index is -3.65. The van der Waals surface area contributed by atoms with Crippen molar-refractivity contribution < 1.29 is 17.6 Å². The smallest absolute Gasteiger partial charge is 0.251 e. The standard InChI is InChI=1S/C20H24FN3O3S/c1-15-3-8-18(28(26,27)24-11-9-23(2)10-12-24)13-19(15)20(25)22-14-16-4-6-17(21)7-5-16/h3-8,13H,9-12,14H2,1-2H3,(H,22,25). The van der Waals surface area contributed by atoms with Crippen molar-refractivity contribution in [3.8, 4) is 0 Å². The highest BCUT2D eigenvalue weighted by Crippen LogP contribution is 2.21. The molecule has 28 heavy (non-hydrogen) atoms. The van der Waals surface area contributed by atoms with Gasteiger partial charge in [0.1, 0.15) is 5.82 Å². The molecule has 0 aliphatic carbocycles. The maximum atomic E-state index is 13.0. The lowest BCUT2D eigenvalue weighted by Gasteiger charge is -2.31. The first kappa shape index (κ1) is 20.4. The van der Waals surface area contributed by atoms with Crippen molar-refractivity contribution in [2.24, 2.45) is 0 Å². The Kier molecular flexibility index (Phi) is 6.12. The van der Waals surface area contributed by atoms with Crippen LogP contribution in [0.15, 0.2) is 47.4 Å². The number of hydrogen-bond acceptors (Lipinski definition) is 4. The van der Waals surface area contributed by atoms with E-state index in [1.165, 1.54) is 22.5 Å². The third-order valence-corrected chi connectivity index (χ3v) is 6.81. The summed E-state index contributed by atoms with van der Waals surface area (Å²) in [5.41, 5.74) is 1.76. The summed E-state index contributed by atoms with van der Waals surface area (Å²) in [5, 5.41) is 2.76. The predicted molar refractivity (Wildman–Crippen MR) is 105 cm³/mol. The molecular formula is C20H24FN3O3S. The number of nitrogens with one attached hydrogen (secondary N) is 1. The second-order valence-electron chi connectivity index (χ2n) is 6.99. The zero-order valence-corrected chi connectivity index (χ0v) is 16.8. The molecule has 3 rings (SSSR count). The predicted octanol–water partition coefficient (Wildman–Crippen LogP) is 2.00. The molecule has 2 aromatic rings. The first-order valence-electron chi connectivity index (χ1n) is 9.09. The van der Waals surface area contributed by atoms with E-state index in [4.69, 9.17) is 0 Å². The van der Waals surface area contributed by atoms with Gasteiger partial charge in [-0.1, -0.05) is 18.2 Å². The van der Waals surface area contributed by atoms with Crippen molar-refractivity contribution in [3.05, 3.63) is 65.0 Å². The van der Waals surface area contributed by atoms with Crippen LogP contribution in [0.2, 0.25) is 0 Å². The Balaban J connectivity index is 1.76. The van der Waals surface area contributed by atoms with E-state index in [0.29, 0.717) is 37.3 Å². The fraction of sp³-hybridized carbons (Fsp3) is 0.350.